The minimum atomic E-state index is -0.558. The van der Waals surface area contributed by atoms with Gasteiger partial charge in [0, 0.05) is 12.6 Å². The minimum Gasteiger partial charge on any atom is -0.390 e. The van der Waals surface area contributed by atoms with Gasteiger partial charge in [-0.25, -0.2) is 0 Å². The number of carbonyl (C=O) groups is 1. The summed E-state index contributed by atoms with van der Waals surface area (Å²) in [5, 5.41) is 12.6. The Balaban J connectivity index is 1.67. The number of piperidine rings is 1. The maximum Gasteiger partial charge on any atom is 0.234 e. The first kappa shape index (κ1) is 12.8. The van der Waals surface area contributed by atoms with Crippen molar-refractivity contribution in [3.8, 4) is 0 Å². The summed E-state index contributed by atoms with van der Waals surface area (Å²) in [6.07, 6.45) is 3.86. The molecule has 1 saturated heterocycles. The molecule has 0 radical (unpaired) electrons. The van der Waals surface area contributed by atoms with E-state index in [4.69, 9.17) is 0 Å². The molecule has 1 atom stereocenters. The van der Waals surface area contributed by atoms with E-state index < -0.39 is 5.60 Å². The third-order valence-electron chi connectivity index (χ3n) is 3.85. The van der Waals surface area contributed by atoms with E-state index >= 15 is 0 Å². The van der Waals surface area contributed by atoms with Gasteiger partial charge in [0.05, 0.1) is 12.1 Å². The van der Waals surface area contributed by atoms with Crippen LogP contribution in [0.3, 0.4) is 0 Å². The summed E-state index contributed by atoms with van der Waals surface area (Å²) in [5.74, 6) is 0.820. The third-order valence-corrected chi connectivity index (χ3v) is 3.85. The van der Waals surface area contributed by atoms with Gasteiger partial charge in [0.1, 0.15) is 0 Å². The Hall–Kier alpha value is -0.610. The zero-order chi connectivity index (χ0) is 12.5. The van der Waals surface area contributed by atoms with Crippen molar-refractivity contribution in [1.82, 2.24) is 10.2 Å². The highest BCUT2D eigenvalue weighted by Crippen LogP contribution is 2.31. The largest absolute Gasteiger partial charge is 0.390 e. The molecule has 2 rings (SSSR count). The number of likely N-dealkylation sites (tertiary alicyclic amines) is 1. The van der Waals surface area contributed by atoms with Crippen LogP contribution in [-0.2, 0) is 4.79 Å². The van der Waals surface area contributed by atoms with Crippen molar-refractivity contribution in [3.05, 3.63) is 0 Å². The van der Waals surface area contributed by atoms with Gasteiger partial charge in [-0.05, 0) is 45.1 Å². The van der Waals surface area contributed by atoms with Crippen LogP contribution in [0.25, 0.3) is 0 Å². The van der Waals surface area contributed by atoms with Crippen LogP contribution in [0.4, 0.5) is 0 Å². The normalized spacial score (nSPS) is 38.5. The van der Waals surface area contributed by atoms with Gasteiger partial charge in [0.15, 0.2) is 0 Å². The predicted molar refractivity (Wildman–Crippen MR) is 66.6 cm³/mol. The van der Waals surface area contributed by atoms with Crippen LogP contribution in [0.2, 0.25) is 0 Å². The fourth-order valence-electron chi connectivity index (χ4n) is 3.01. The van der Waals surface area contributed by atoms with Gasteiger partial charge in [0.2, 0.25) is 5.91 Å². The summed E-state index contributed by atoms with van der Waals surface area (Å²) in [6.45, 7) is 6.66. The second kappa shape index (κ2) is 4.94. The molecular weight excluding hydrogens is 216 g/mol. The fraction of sp³-hybridized carbons (Fsp3) is 0.923. The lowest BCUT2D eigenvalue weighted by molar-refractivity contribution is -0.126. The second-order valence-electron chi connectivity index (χ2n) is 6.15. The molecule has 0 aromatic heterocycles. The molecule has 4 nitrogen and oxygen atoms in total. The third kappa shape index (κ3) is 3.68. The highest BCUT2D eigenvalue weighted by Gasteiger charge is 2.39. The Kier molecular flexibility index (Phi) is 3.73. The summed E-state index contributed by atoms with van der Waals surface area (Å²) in [7, 11) is 0. The van der Waals surface area contributed by atoms with Crippen molar-refractivity contribution in [2.75, 3.05) is 19.6 Å². The van der Waals surface area contributed by atoms with Gasteiger partial charge in [-0.15, -0.1) is 0 Å². The standard InChI is InChI=1S/C13H24N2O2/c1-10-4-3-5-15(8-10)9-12(16)14-11-6-13(2,17)7-11/h10-11,17H,3-9H2,1-2H3,(H,14,16)/t10-,11?,13?/m1/s1. The number of nitrogens with zero attached hydrogens (tertiary/aromatic N) is 1. The van der Waals surface area contributed by atoms with E-state index in [0.29, 0.717) is 25.3 Å². The van der Waals surface area contributed by atoms with Crippen LogP contribution < -0.4 is 5.32 Å². The van der Waals surface area contributed by atoms with Crippen LogP contribution >= 0.6 is 0 Å². The number of hydrogen-bond donors (Lipinski definition) is 2. The maximum atomic E-state index is 11.8. The zero-order valence-corrected chi connectivity index (χ0v) is 10.9. The molecule has 1 saturated carbocycles. The van der Waals surface area contributed by atoms with Crippen molar-refractivity contribution in [1.29, 1.82) is 0 Å². The number of hydrogen-bond acceptors (Lipinski definition) is 3. The van der Waals surface area contributed by atoms with Crippen molar-refractivity contribution in [3.63, 3.8) is 0 Å². The molecule has 2 aliphatic rings. The molecule has 1 heterocycles. The molecule has 1 aliphatic heterocycles. The molecule has 4 heteroatoms. The van der Waals surface area contributed by atoms with Gasteiger partial charge in [0.25, 0.3) is 0 Å². The topological polar surface area (TPSA) is 52.6 Å². The Morgan fingerprint density at radius 2 is 2.24 bits per heavy atom. The monoisotopic (exact) mass is 240 g/mol. The number of carbonyl (C=O) groups excluding carboxylic acids is 1. The molecule has 0 aromatic rings. The smallest absolute Gasteiger partial charge is 0.234 e. The molecule has 1 aliphatic carbocycles. The molecule has 0 aromatic carbocycles. The highest BCUT2D eigenvalue weighted by atomic mass is 16.3. The average Bonchev–Trinajstić information content (AvgIpc) is 2.14. The van der Waals surface area contributed by atoms with Crippen LogP contribution in [0.1, 0.15) is 39.5 Å². The van der Waals surface area contributed by atoms with Gasteiger partial charge in [-0.3, -0.25) is 9.69 Å². The minimum absolute atomic E-state index is 0.111. The Morgan fingerprint density at radius 3 is 2.82 bits per heavy atom. The molecule has 98 valence electrons. The van der Waals surface area contributed by atoms with Crippen LogP contribution in [0.5, 0.6) is 0 Å². The van der Waals surface area contributed by atoms with E-state index in [0.717, 1.165) is 13.1 Å². The Labute approximate surface area is 103 Å². The van der Waals surface area contributed by atoms with Crippen molar-refractivity contribution in [2.24, 2.45) is 5.92 Å². The molecule has 0 unspecified atom stereocenters. The van der Waals surface area contributed by atoms with E-state index in [1.165, 1.54) is 12.8 Å². The van der Waals surface area contributed by atoms with E-state index in [1.807, 2.05) is 6.92 Å². The fourth-order valence-corrected chi connectivity index (χ4v) is 3.01. The van der Waals surface area contributed by atoms with Crippen LogP contribution in [0.15, 0.2) is 0 Å². The first-order valence-electron chi connectivity index (χ1n) is 6.69. The van der Waals surface area contributed by atoms with Crippen LogP contribution in [-0.4, -0.2) is 47.2 Å². The lowest BCUT2D eigenvalue weighted by atomic mass is 9.77. The lowest BCUT2D eigenvalue weighted by Crippen LogP contribution is -2.55. The van der Waals surface area contributed by atoms with E-state index in [-0.39, 0.29) is 11.9 Å². The summed E-state index contributed by atoms with van der Waals surface area (Å²) in [4.78, 5) is 14.0. The van der Waals surface area contributed by atoms with Gasteiger partial charge in [-0.1, -0.05) is 6.92 Å². The molecule has 2 fully saturated rings. The average molecular weight is 240 g/mol. The number of aliphatic hydroxyl groups is 1. The molecule has 0 spiro atoms. The summed E-state index contributed by atoms with van der Waals surface area (Å²) < 4.78 is 0. The first-order chi connectivity index (χ1) is 7.94. The second-order valence-corrected chi connectivity index (χ2v) is 6.15. The van der Waals surface area contributed by atoms with Crippen LogP contribution in [0, 0.1) is 5.92 Å². The SMILES string of the molecule is C[C@@H]1CCCN(CC(=O)NC2CC(C)(O)C2)C1. The summed E-state index contributed by atoms with van der Waals surface area (Å²) >= 11 is 0. The van der Waals surface area contributed by atoms with Gasteiger partial charge in [-0.2, -0.15) is 0 Å². The van der Waals surface area contributed by atoms with E-state index in [2.05, 4.69) is 17.1 Å². The van der Waals surface area contributed by atoms with E-state index in [9.17, 15) is 9.90 Å². The molecule has 2 N–H and O–H groups in total. The van der Waals surface area contributed by atoms with E-state index in [1.54, 1.807) is 0 Å². The molecule has 1 amide bonds. The van der Waals surface area contributed by atoms with Gasteiger partial charge >= 0.3 is 0 Å². The highest BCUT2D eigenvalue weighted by molar-refractivity contribution is 5.78. The Morgan fingerprint density at radius 1 is 1.53 bits per heavy atom. The van der Waals surface area contributed by atoms with Gasteiger partial charge < -0.3 is 10.4 Å². The van der Waals surface area contributed by atoms with Crippen molar-refractivity contribution >= 4 is 5.91 Å². The quantitative estimate of drug-likeness (QED) is 0.765. The number of nitrogens with one attached hydrogen (secondary N) is 1. The van der Waals surface area contributed by atoms with Crippen molar-refractivity contribution < 1.29 is 9.90 Å². The predicted octanol–water partition coefficient (Wildman–Crippen LogP) is 0.748. The zero-order valence-electron chi connectivity index (χ0n) is 10.9. The maximum absolute atomic E-state index is 11.8. The summed E-state index contributed by atoms with van der Waals surface area (Å²) in [5.41, 5.74) is -0.558. The summed E-state index contributed by atoms with van der Waals surface area (Å²) in [6, 6.07) is 0.180. The number of amides is 1. The lowest BCUT2D eigenvalue weighted by Gasteiger charge is -2.41. The Bertz CT molecular complexity index is 283. The van der Waals surface area contributed by atoms with Crippen molar-refractivity contribution in [2.45, 2.75) is 51.2 Å². The molecule has 0 bridgehead atoms. The number of rotatable bonds is 3. The molecule has 17 heavy (non-hydrogen) atoms. The first-order valence-corrected chi connectivity index (χ1v) is 6.69. The molecular formula is C13H24N2O2.